The van der Waals surface area contributed by atoms with E-state index in [0.717, 1.165) is 12.6 Å². The van der Waals surface area contributed by atoms with Crippen molar-refractivity contribution in [2.45, 2.75) is 58.2 Å². The Bertz CT molecular complexity index is 244. The lowest BCUT2D eigenvalue weighted by Gasteiger charge is -2.50. The lowest BCUT2D eigenvalue weighted by Crippen LogP contribution is -2.61. The van der Waals surface area contributed by atoms with E-state index >= 15 is 0 Å². The molecule has 3 nitrogen and oxygen atoms in total. The maximum Gasteiger partial charge on any atom is 0.0224 e. The molecule has 100 valence electrons. The summed E-state index contributed by atoms with van der Waals surface area (Å²) >= 11 is 0. The van der Waals surface area contributed by atoms with Gasteiger partial charge in [0.1, 0.15) is 0 Å². The van der Waals surface area contributed by atoms with E-state index < -0.39 is 0 Å². The van der Waals surface area contributed by atoms with Crippen molar-refractivity contribution in [1.29, 1.82) is 0 Å². The van der Waals surface area contributed by atoms with Crippen LogP contribution in [0.25, 0.3) is 0 Å². The van der Waals surface area contributed by atoms with Gasteiger partial charge in [-0.3, -0.25) is 9.80 Å². The summed E-state index contributed by atoms with van der Waals surface area (Å²) in [6, 6.07) is 2.12. The van der Waals surface area contributed by atoms with Crippen LogP contribution >= 0.6 is 0 Å². The first-order chi connectivity index (χ1) is 8.13. The molecular formula is C14H29N3. The molecule has 3 heteroatoms. The monoisotopic (exact) mass is 239 g/mol. The molecule has 0 aliphatic carbocycles. The van der Waals surface area contributed by atoms with Crippen molar-refractivity contribution in [3.8, 4) is 0 Å². The van der Waals surface area contributed by atoms with Gasteiger partial charge in [0.2, 0.25) is 0 Å². The van der Waals surface area contributed by atoms with Gasteiger partial charge in [-0.15, -0.1) is 0 Å². The maximum absolute atomic E-state index is 5.82. The fourth-order valence-corrected chi connectivity index (χ4v) is 3.47. The fourth-order valence-electron chi connectivity index (χ4n) is 3.47. The topological polar surface area (TPSA) is 32.5 Å². The summed E-state index contributed by atoms with van der Waals surface area (Å²) in [5, 5.41) is 0. The minimum atomic E-state index is 0.604. The van der Waals surface area contributed by atoms with Gasteiger partial charge in [0, 0.05) is 31.2 Å². The third kappa shape index (κ3) is 2.83. The average molecular weight is 239 g/mol. The molecule has 2 aliphatic heterocycles. The summed E-state index contributed by atoms with van der Waals surface area (Å²) in [7, 11) is 0. The third-order valence-electron chi connectivity index (χ3n) is 4.95. The normalized spacial score (nSPS) is 35.3. The first-order valence-corrected chi connectivity index (χ1v) is 7.33. The van der Waals surface area contributed by atoms with Gasteiger partial charge >= 0.3 is 0 Å². The van der Waals surface area contributed by atoms with Crippen LogP contribution in [0.15, 0.2) is 0 Å². The van der Waals surface area contributed by atoms with Crippen LogP contribution in [0.4, 0.5) is 0 Å². The number of hydrogen-bond donors (Lipinski definition) is 1. The third-order valence-corrected chi connectivity index (χ3v) is 4.95. The van der Waals surface area contributed by atoms with Gasteiger partial charge < -0.3 is 5.73 Å². The van der Waals surface area contributed by atoms with E-state index in [2.05, 4.69) is 30.6 Å². The molecule has 0 radical (unpaired) electrons. The number of fused-ring (bicyclic) bond motifs is 1. The standard InChI is InChI=1S/C14H29N3/c1-11(8-15)13(3)17-10-14-6-4-5-7-16(14)9-12(17)2/h11-14H,4-10,15H2,1-3H3. The maximum atomic E-state index is 5.82. The smallest absolute Gasteiger partial charge is 0.0224 e. The summed E-state index contributed by atoms with van der Waals surface area (Å²) < 4.78 is 0. The highest BCUT2D eigenvalue weighted by molar-refractivity contribution is 4.92. The second-order valence-corrected chi connectivity index (χ2v) is 6.14. The van der Waals surface area contributed by atoms with Gasteiger partial charge in [-0.05, 0) is 45.7 Å². The average Bonchev–Trinajstić information content (AvgIpc) is 2.36. The van der Waals surface area contributed by atoms with Crippen LogP contribution in [0.5, 0.6) is 0 Å². The number of rotatable bonds is 3. The minimum Gasteiger partial charge on any atom is -0.330 e. The van der Waals surface area contributed by atoms with Gasteiger partial charge in [-0.2, -0.15) is 0 Å². The van der Waals surface area contributed by atoms with E-state index in [-0.39, 0.29) is 0 Å². The summed E-state index contributed by atoms with van der Waals surface area (Å²) in [6.07, 6.45) is 4.22. The quantitative estimate of drug-likeness (QED) is 0.810. The zero-order valence-electron chi connectivity index (χ0n) is 11.7. The van der Waals surface area contributed by atoms with E-state index in [1.54, 1.807) is 0 Å². The van der Waals surface area contributed by atoms with Gasteiger partial charge in [-0.25, -0.2) is 0 Å². The Balaban J connectivity index is 1.98. The molecule has 0 aromatic rings. The predicted octanol–water partition coefficient (Wildman–Crippen LogP) is 1.53. The van der Waals surface area contributed by atoms with E-state index in [4.69, 9.17) is 5.73 Å². The second kappa shape index (κ2) is 5.68. The van der Waals surface area contributed by atoms with Gasteiger partial charge in [-0.1, -0.05) is 13.3 Å². The number of nitrogens with zero attached hydrogens (tertiary/aromatic N) is 2. The van der Waals surface area contributed by atoms with Crippen LogP contribution < -0.4 is 5.73 Å². The zero-order valence-corrected chi connectivity index (χ0v) is 11.7. The molecule has 2 rings (SSSR count). The van der Waals surface area contributed by atoms with Crippen LogP contribution in [0.2, 0.25) is 0 Å². The molecule has 17 heavy (non-hydrogen) atoms. The molecule has 0 amide bonds. The first-order valence-electron chi connectivity index (χ1n) is 7.33. The number of piperazine rings is 1. The van der Waals surface area contributed by atoms with Gasteiger partial charge in [0.15, 0.2) is 0 Å². The van der Waals surface area contributed by atoms with Crippen molar-refractivity contribution in [2.24, 2.45) is 11.7 Å². The van der Waals surface area contributed by atoms with Crippen molar-refractivity contribution < 1.29 is 0 Å². The second-order valence-electron chi connectivity index (χ2n) is 6.14. The summed E-state index contributed by atoms with van der Waals surface area (Å²) in [5.74, 6) is 0.604. The predicted molar refractivity (Wildman–Crippen MR) is 73.1 cm³/mol. The Morgan fingerprint density at radius 2 is 2.00 bits per heavy atom. The number of hydrogen-bond acceptors (Lipinski definition) is 3. The van der Waals surface area contributed by atoms with Crippen molar-refractivity contribution in [3.63, 3.8) is 0 Å². The Labute approximate surface area is 106 Å². The largest absolute Gasteiger partial charge is 0.330 e. The molecule has 0 saturated carbocycles. The van der Waals surface area contributed by atoms with Crippen LogP contribution in [0, 0.1) is 5.92 Å². The molecule has 0 aromatic carbocycles. The minimum absolute atomic E-state index is 0.604. The summed E-state index contributed by atoms with van der Waals surface area (Å²) in [4.78, 5) is 5.41. The van der Waals surface area contributed by atoms with Crippen molar-refractivity contribution in [3.05, 3.63) is 0 Å². The highest BCUT2D eigenvalue weighted by Gasteiger charge is 2.35. The summed E-state index contributed by atoms with van der Waals surface area (Å²) in [6.45, 7) is 11.7. The molecule has 2 saturated heterocycles. The van der Waals surface area contributed by atoms with Crippen LogP contribution in [-0.2, 0) is 0 Å². The zero-order chi connectivity index (χ0) is 12.4. The SMILES string of the molecule is CC(CN)C(C)N1CC2CCCCN2CC1C. The molecule has 2 N–H and O–H groups in total. The first kappa shape index (κ1) is 13.3. The summed E-state index contributed by atoms with van der Waals surface area (Å²) in [5.41, 5.74) is 5.82. The molecule has 4 unspecified atom stereocenters. The van der Waals surface area contributed by atoms with E-state index in [0.29, 0.717) is 18.0 Å². The highest BCUT2D eigenvalue weighted by atomic mass is 15.3. The van der Waals surface area contributed by atoms with Gasteiger partial charge in [0.05, 0.1) is 0 Å². The van der Waals surface area contributed by atoms with Crippen molar-refractivity contribution in [2.75, 3.05) is 26.2 Å². The molecule has 2 aliphatic rings. The molecule has 4 atom stereocenters. The van der Waals surface area contributed by atoms with E-state index in [1.165, 1.54) is 38.9 Å². The fraction of sp³-hybridized carbons (Fsp3) is 1.00. The number of nitrogens with two attached hydrogens (primary N) is 1. The molecule has 2 fully saturated rings. The Morgan fingerprint density at radius 3 is 2.71 bits per heavy atom. The van der Waals surface area contributed by atoms with E-state index in [1.807, 2.05) is 0 Å². The van der Waals surface area contributed by atoms with Crippen molar-refractivity contribution >= 4 is 0 Å². The van der Waals surface area contributed by atoms with Gasteiger partial charge in [0.25, 0.3) is 0 Å². The van der Waals surface area contributed by atoms with Crippen LogP contribution in [-0.4, -0.2) is 54.1 Å². The molecule has 0 spiro atoms. The highest BCUT2D eigenvalue weighted by Crippen LogP contribution is 2.26. The lowest BCUT2D eigenvalue weighted by atomic mass is 9.93. The van der Waals surface area contributed by atoms with Crippen LogP contribution in [0.1, 0.15) is 40.0 Å². The Hall–Kier alpha value is -0.120. The molecular weight excluding hydrogens is 210 g/mol. The Morgan fingerprint density at radius 1 is 1.24 bits per heavy atom. The van der Waals surface area contributed by atoms with Crippen LogP contribution in [0.3, 0.4) is 0 Å². The van der Waals surface area contributed by atoms with E-state index in [9.17, 15) is 0 Å². The lowest BCUT2D eigenvalue weighted by molar-refractivity contribution is -0.0145. The Kier molecular flexibility index (Phi) is 4.45. The number of piperidine rings is 1. The molecule has 2 heterocycles. The van der Waals surface area contributed by atoms with Crippen molar-refractivity contribution in [1.82, 2.24) is 9.80 Å². The molecule has 0 aromatic heterocycles. The molecule has 0 bridgehead atoms.